The van der Waals surface area contributed by atoms with Gasteiger partial charge in [-0.1, -0.05) is 74.5 Å². The van der Waals surface area contributed by atoms with Crippen LogP contribution in [-0.2, 0) is 27.8 Å². The number of carboxylic acids is 1. The number of aromatic nitrogens is 1. The summed E-state index contributed by atoms with van der Waals surface area (Å²) in [4.78, 5) is 11.2. The van der Waals surface area contributed by atoms with E-state index in [1.54, 1.807) is 16.4 Å². The summed E-state index contributed by atoms with van der Waals surface area (Å²) in [6.45, 7) is 4.81. The number of carboxylic acid groups (broad SMARTS) is 1. The zero-order valence-electron chi connectivity index (χ0n) is 27.5. The molecule has 8 nitrogen and oxygen atoms in total. The molecule has 2 atom stereocenters. The van der Waals surface area contributed by atoms with Crippen LogP contribution in [0, 0.1) is 11.7 Å². The highest BCUT2D eigenvalue weighted by atomic mass is 32.2. The van der Waals surface area contributed by atoms with E-state index >= 15 is 0 Å². The van der Waals surface area contributed by atoms with Crippen LogP contribution < -0.4 is 5.11 Å². The standard InChI is InChI=1S/C38H45FN2O6S/c1-26(2)36-38(48(46,47)40-20-17-28(18-21-40)23-27-9-5-3-6-10-27)35(29-11-7-4-8-12-29)37(30-13-15-31(39)16-14-30)41(36)22-19-32(42)24-33(43)25-34(44)45/h3-16,26,28,32-33,42-43H,17-25H2,1-2H3,(H,44,45)/p-1/t32-,33-/m1/s1. The lowest BCUT2D eigenvalue weighted by Gasteiger charge is -2.32. The van der Waals surface area contributed by atoms with Gasteiger partial charge < -0.3 is 24.7 Å². The molecule has 1 fully saturated rings. The molecule has 256 valence electrons. The maximum Gasteiger partial charge on any atom is 0.245 e. The van der Waals surface area contributed by atoms with Crippen LogP contribution >= 0.6 is 0 Å². The van der Waals surface area contributed by atoms with Crippen LogP contribution in [0.2, 0.25) is 0 Å². The van der Waals surface area contributed by atoms with Crippen molar-refractivity contribution in [3.63, 3.8) is 0 Å². The van der Waals surface area contributed by atoms with Crippen LogP contribution in [0.1, 0.15) is 63.1 Å². The van der Waals surface area contributed by atoms with Crippen molar-refractivity contribution in [1.82, 2.24) is 8.87 Å². The third-order valence-corrected chi connectivity index (χ3v) is 11.1. The maximum atomic E-state index is 14.9. The van der Waals surface area contributed by atoms with Gasteiger partial charge in [0.25, 0.3) is 0 Å². The summed E-state index contributed by atoms with van der Waals surface area (Å²) in [5.41, 5.74) is 4.23. The predicted molar refractivity (Wildman–Crippen MR) is 182 cm³/mol. The molecule has 0 unspecified atom stereocenters. The van der Waals surface area contributed by atoms with Gasteiger partial charge in [0.2, 0.25) is 10.0 Å². The molecule has 2 heterocycles. The van der Waals surface area contributed by atoms with Gasteiger partial charge in [0, 0.05) is 43.3 Å². The molecule has 1 aromatic heterocycles. The van der Waals surface area contributed by atoms with Crippen molar-refractivity contribution in [2.24, 2.45) is 5.92 Å². The van der Waals surface area contributed by atoms with Crippen molar-refractivity contribution >= 4 is 16.0 Å². The normalized spacial score (nSPS) is 15.9. The minimum Gasteiger partial charge on any atom is -0.550 e. The van der Waals surface area contributed by atoms with Crippen molar-refractivity contribution in [1.29, 1.82) is 0 Å². The number of hydrogen-bond acceptors (Lipinski definition) is 6. The fourth-order valence-corrected chi connectivity index (χ4v) is 8.91. The highest BCUT2D eigenvalue weighted by Crippen LogP contribution is 2.46. The first-order valence-corrected chi connectivity index (χ1v) is 18.1. The molecular weight excluding hydrogens is 631 g/mol. The van der Waals surface area contributed by atoms with Crippen LogP contribution in [-0.4, -0.2) is 58.8 Å². The van der Waals surface area contributed by atoms with Crippen LogP contribution in [0.5, 0.6) is 0 Å². The minimum atomic E-state index is -4.04. The second-order valence-corrected chi connectivity index (χ2v) is 14.9. The molecule has 5 rings (SSSR count). The molecule has 0 aliphatic carbocycles. The number of rotatable bonds is 14. The zero-order chi connectivity index (χ0) is 34.4. The Hall–Kier alpha value is -3.83. The summed E-state index contributed by atoms with van der Waals surface area (Å²) in [7, 11) is -4.04. The highest BCUT2D eigenvalue weighted by Gasteiger charge is 2.38. The lowest BCUT2D eigenvalue weighted by molar-refractivity contribution is -0.307. The van der Waals surface area contributed by atoms with Gasteiger partial charge in [-0.3, -0.25) is 0 Å². The molecular formula is C38H44FN2O6S-. The minimum absolute atomic E-state index is 0.116. The Morgan fingerprint density at radius 2 is 1.50 bits per heavy atom. The van der Waals surface area contributed by atoms with E-state index in [0.717, 1.165) is 19.3 Å². The van der Waals surface area contributed by atoms with Gasteiger partial charge in [0.05, 0.1) is 17.9 Å². The third-order valence-electron chi connectivity index (χ3n) is 9.16. The Morgan fingerprint density at radius 3 is 2.08 bits per heavy atom. The van der Waals surface area contributed by atoms with E-state index in [0.29, 0.717) is 47.1 Å². The van der Waals surface area contributed by atoms with Crippen molar-refractivity contribution in [2.75, 3.05) is 13.1 Å². The van der Waals surface area contributed by atoms with E-state index in [1.807, 2.05) is 66.9 Å². The third kappa shape index (κ3) is 8.23. The molecule has 0 radical (unpaired) electrons. The first-order valence-electron chi connectivity index (χ1n) is 16.6. The van der Waals surface area contributed by atoms with Crippen LogP contribution in [0.3, 0.4) is 0 Å². The SMILES string of the molecule is CC(C)c1c(S(=O)(=O)N2CCC(Cc3ccccc3)CC2)c(-c2ccccc2)c(-c2ccc(F)cc2)n1CC[C@@H](O)C[C@@H](O)CC(=O)[O-]. The van der Waals surface area contributed by atoms with Crippen LogP contribution in [0.25, 0.3) is 22.4 Å². The molecule has 1 aliphatic heterocycles. The summed E-state index contributed by atoms with van der Waals surface area (Å²) in [6, 6.07) is 25.5. The number of nitrogens with zero attached hydrogens (tertiary/aromatic N) is 2. The Bertz CT molecular complexity index is 1770. The fourth-order valence-electron chi connectivity index (χ4n) is 6.88. The Morgan fingerprint density at radius 1 is 0.896 bits per heavy atom. The predicted octanol–water partition coefficient (Wildman–Crippen LogP) is 5.37. The van der Waals surface area contributed by atoms with Gasteiger partial charge in [-0.2, -0.15) is 4.31 Å². The van der Waals surface area contributed by atoms with Crippen molar-refractivity contribution in [3.05, 3.63) is 102 Å². The summed E-state index contributed by atoms with van der Waals surface area (Å²) in [5, 5.41) is 31.9. The number of carbonyl (C=O) groups excluding carboxylic acids is 1. The second-order valence-electron chi connectivity index (χ2n) is 13.1. The number of carbonyl (C=O) groups is 1. The van der Waals surface area contributed by atoms with Crippen LogP contribution in [0.4, 0.5) is 4.39 Å². The van der Waals surface area contributed by atoms with Gasteiger partial charge in [-0.05, 0) is 84.9 Å². The van der Waals surface area contributed by atoms with E-state index in [-0.39, 0.29) is 30.2 Å². The van der Waals surface area contributed by atoms with Crippen LogP contribution in [0.15, 0.2) is 89.8 Å². The van der Waals surface area contributed by atoms with E-state index in [9.17, 15) is 32.9 Å². The van der Waals surface area contributed by atoms with E-state index in [4.69, 9.17) is 0 Å². The molecule has 1 aliphatic rings. The number of piperidine rings is 1. The molecule has 4 aromatic rings. The fraction of sp³-hybridized carbons (Fsp3) is 0.395. The summed E-state index contributed by atoms with van der Waals surface area (Å²) in [5.74, 6) is -1.73. The lowest BCUT2D eigenvalue weighted by atomic mass is 9.91. The average molecular weight is 676 g/mol. The van der Waals surface area contributed by atoms with Gasteiger partial charge in [-0.25, -0.2) is 12.8 Å². The monoisotopic (exact) mass is 675 g/mol. The molecule has 0 spiro atoms. The number of aliphatic hydroxyl groups is 2. The lowest BCUT2D eigenvalue weighted by Crippen LogP contribution is -2.39. The zero-order valence-corrected chi connectivity index (χ0v) is 28.3. The molecule has 48 heavy (non-hydrogen) atoms. The molecule has 1 saturated heterocycles. The van der Waals surface area contributed by atoms with Crippen molar-refractivity contribution < 1.29 is 32.9 Å². The van der Waals surface area contributed by atoms with Crippen molar-refractivity contribution in [2.45, 2.75) is 81.9 Å². The highest BCUT2D eigenvalue weighted by molar-refractivity contribution is 7.89. The first kappa shape index (κ1) is 35.5. The summed E-state index contributed by atoms with van der Waals surface area (Å²) in [6.07, 6.45) is -0.635. The van der Waals surface area contributed by atoms with Gasteiger partial charge >= 0.3 is 0 Å². The quantitative estimate of drug-likeness (QED) is 0.185. The van der Waals surface area contributed by atoms with E-state index in [1.165, 1.54) is 17.7 Å². The average Bonchev–Trinajstić information content (AvgIpc) is 3.41. The molecule has 0 amide bonds. The Labute approximate surface area is 282 Å². The topological polar surface area (TPSA) is 123 Å². The molecule has 0 bridgehead atoms. The molecule has 2 N–H and O–H groups in total. The number of sulfonamides is 1. The number of hydrogen-bond donors (Lipinski definition) is 2. The largest absolute Gasteiger partial charge is 0.550 e. The first-order chi connectivity index (χ1) is 23.0. The number of benzene rings is 3. The number of aliphatic carboxylic acids is 1. The van der Waals surface area contributed by atoms with Gasteiger partial charge in [0.1, 0.15) is 10.7 Å². The van der Waals surface area contributed by atoms with Gasteiger partial charge in [0.15, 0.2) is 0 Å². The van der Waals surface area contributed by atoms with E-state index in [2.05, 4.69) is 12.1 Å². The van der Waals surface area contributed by atoms with E-state index < -0.39 is 40.4 Å². The maximum absolute atomic E-state index is 14.9. The van der Waals surface area contributed by atoms with Gasteiger partial charge in [-0.15, -0.1) is 0 Å². The molecule has 10 heteroatoms. The summed E-state index contributed by atoms with van der Waals surface area (Å²) >= 11 is 0. The Kier molecular flexibility index (Phi) is 11.5. The summed E-state index contributed by atoms with van der Waals surface area (Å²) < 4.78 is 47.5. The molecule has 0 saturated carbocycles. The smallest absolute Gasteiger partial charge is 0.245 e. The Balaban J connectivity index is 1.60. The number of halogens is 1. The van der Waals surface area contributed by atoms with Crippen molar-refractivity contribution in [3.8, 4) is 22.4 Å². The second kappa shape index (κ2) is 15.6. The molecule has 3 aromatic carbocycles. The number of aliphatic hydroxyl groups excluding tert-OH is 2.